The molecule has 0 heterocycles. The van der Waals surface area contributed by atoms with Gasteiger partial charge in [-0.25, -0.2) is 8.42 Å². The molecule has 140 valence electrons. The Balaban J connectivity index is 1.98. The number of benzene rings is 2. The minimum Gasteiger partial charge on any atom is -0.354 e. The predicted molar refractivity (Wildman–Crippen MR) is 106 cm³/mol. The first-order valence-corrected chi connectivity index (χ1v) is 10.6. The van der Waals surface area contributed by atoms with Gasteiger partial charge in [0, 0.05) is 11.6 Å². The number of rotatable bonds is 8. The van der Waals surface area contributed by atoms with E-state index >= 15 is 0 Å². The van der Waals surface area contributed by atoms with E-state index in [-0.39, 0.29) is 5.91 Å². The Morgan fingerprint density at radius 1 is 1.12 bits per heavy atom. The van der Waals surface area contributed by atoms with Crippen LogP contribution in [-0.4, -0.2) is 33.2 Å². The number of anilines is 1. The van der Waals surface area contributed by atoms with E-state index in [1.165, 1.54) is 5.56 Å². The maximum atomic E-state index is 12.4. The molecule has 0 unspecified atom stereocenters. The second kappa shape index (κ2) is 9.05. The van der Waals surface area contributed by atoms with Gasteiger partial charge < -0.3 is 5.32 Å². The minimum atomic E-state index is -3.62. The van der Waals surface area contributed by atoms with Crippen molar-refractivity contribution in [2.45, 2.75) is 25.8 Å². The minimum absolute atomic E-state index is 0.335. The molecule has 1 N–H and O–H groups in total. The molecular weight excluding hydrogens is 372 g/mol. The number of carbonyl (C=O) groups is 1. The lowest BCUT2D eigenvalue weighted by atomic mass is 10.1. The SMILES string of the molecule is C[C@H](C(=O)NCCCc1ccccc1)N(c1ccc(Cl)cc1)S(C)(=O)=O. The normalized spacial score (nSPS) is 12.4. The van der Waals surface area contributed by atoms with Gasteiger partial charge in [-0.3, -0.25) is 9.10 Å². The quantitative estimate of drug-likeness (QED) is 0.699. The summed E-state index contributed by atoms with van der Waals surface area (Å²) in [6, 6.07) is 15.5. The summed E-state index contributed by atoms with van der Waals surface area (Å²) < 4.78 is 25.5. The first kappa shape index (κ1) is 20.3. The molecule has 0 bridgehead atoms. The van der Waals surface area contributed by atoms with E-state index in [1.54, 1.807) is 31.2 Å². The van der Waals surface area contributed by atoms with Crippen LogP contribution in [0.25, 0.3) is 0 Å². The number of halogens is 1. The molecule has 0 radical (unpaired) electrons. The highest BCUT2D eigenvalue weighted by Crippen LogP contribution is 2.23. The summed E-state index contributed by atoms with van der Waals surface area (Å²) in [5, 5.41) is 3.32. The van der Waals surface area contributed by atoms with Crippen molar-refractivity contribution in [2.75, 3.05) is 17.1 Å². The first-order valence-electron chi connectivity index (χ1n) is 8.35. The monoisotopic (exact) mass is 394 g/mol. The average Bonchev–Trinajstić information content (AvgIpc) is 2.60. The Morgan fingerprint density at radius 2 is 1.73 bits per heavy atom. The number of hydrogen-bond donors (Lipinski definition) is 1. The molecule has 2 aromatic carbocycles. The molecule has 0 aliphatic carbocycles. The first-order chi connectivity index (χ1) is 12.3. The molecule has 0 fully saturated rings. The second-order valence-corrected chi connectivity index (χ2v) is 8.39. The van der Waals surface area contributed by atoms with Crippen LogP contribution >= 0.6 is 11.6 Å². The van der Waals surface area contributed by atoms with Gasteiger partial charge in [0.05, 0.1) is 11.9 Å². The predicted octanol–water partition coefficient (Wildman–Crippen LogP) is 3.24. The Morgan fingerprint density at radius 3 is 2.31 bits per heavy atom. The zero-order valence-electron chi connectivity index (χ0n) is 14.9. The molecule has 0 aromatic heterocycles. The smallest absolute Gasteiger partial charge is 0.243 e. The Hall–Kier alpha value is -2.05. The number of nitrogens with zero attached hydrogens (tertiary/aromatic N) is 1. The molecule has 26 heavy (non-hydrogen) atoms. The maximum absolute atomic E-state index is 12.4. The Labute approximate surface area is 160 Å². The zero-order chi connectivity index (χ0) is 19.2. The van der Waals surface area contributed by atoms with Gasteiger partial charge in [0.15, 0.2) is 0 Å². The van der Waals surface area contributed by atoms with Crippen molar-refractivity contribution in [3.8, 4) is 0 Å². The van der Waals surface area contributed by atoms with Crippen LogP contribution < -0.4 is 9.62 Å². The average molecular weight is 395 g/mol. The van der Waals surface area contributed by atoms with Crippen molar-refractivity contribution in [3.63, 3.8) is 0 Å². The standard InChI is InChI=1S/C19H23ClN2O3S/c1-15(19(23)21-14-6-9-16-7-4-3-5-8-16)22(26(2,24)25)18-12-10-17(20)11-13-18/h3-5,7-8,10-13,15H,6,9,14H2,1-2H3,(H,21,23)/t15-/m1/s1. The van der Waals surface area contributed by atoms with Crippen LogP contribution in [-0.2, 0) is 21.2 Å². The van der Waals surface area contributed by atoms with Crippen molar-refractivity contribution in [2.24, 2.45) is 0 Å². The van der Waals surface area contributed by atoms with Gasteiger partial charge in [-0.15, -0.1) is 0 Å². The van der Waals surface area contributed by atoms with Crippen LogP contribution in [0.1, 0.15) is 18.9 Å². The van der Waals surface area contributed by atoms with Gasteiger partial charge in [-0.2, -0.15) is 0 Å². The van der Waals surface area contributed by atoms with Gasteiger partial charge in [-0.1, -0.05) is 41.9 Å². The lowest BCUT2D eigenvalue weighted by Crippen LogP contribution is -2.48. The van der Waals surface area contributed by atoms with Crippen LogP contribution in [0.3, 0.4) is 0 Å². The van der Waals surface area contributed by atoms with Crippen molar-refractivity contribution in [1.29, 1.82) is 0 Å². The summed E-state index contributed by atoms with van der Waals surface area (Å²) in [7, 11) is -3.62. The number of amides is 1. The number of hydrogen-bond acceptors (Lipinski definition) is 3. The van der Waals surface area contributed by atoms with E-state index in [9.17, 15) is 13.2 Å². The fraction of sp³-hybridized carbons (Fsp3) is 0.316. The lowest BCUT2D eigenvalue weighted by molar-refractivity contribution is -0.121. The van der Waals surface area contributed by atoms with E-state index in [4.69, 9.17) is 11.6 Å². The van der Waals surface area contributed by atoms with E-state index in [2.05, 4.69) is 5.32 Å². The van der Waals surface area contributed by atoms with Gasteiger partial charge in [0.2, 0.25) is 15.9 Å². The number of carbonyl (C=O) groups excluding carboxylic acids is 1. The third-order valence-corrected chi connectivity index (χ3v) is 5.45. The van der Waals surface area contributed by atoms with Crippen molar-refractivity contribution in [1.82, 2.24) is 5.32 Å². The van der Waals surface area contributed by atoms with Crippen LogP contribution in [0.4, 0.5) is 5.69 Å². The highest BCUT2D eigenvalue weighted by atomic mass is 35.5. The van der Waals surface area contributed by atoms with Crippen molar-refractivity contribution < 1.29 is 13.2 Å². The largest absolute Gasteiger partial charge is 0.354 e. The van der Waals surface area contributed by atoms with Gasteiger partial charge in [-0.05, 0) is 49.6 Å². The Kier molecular flexibility index (Phi) is 7.06. The second-order valence-electron chi connectivity index (χ2n) is 6.09. The van der Waals surface area contributed by atoms with Gasteiger partial charge in [0.1, 0.15) is 6.04 Å². The van der Waals surface area contributed by atoms with E-state index < -0.39 is 16.1 Å². The summed E-state index contributed by atoms with van der Waals surface area (Å²) in [5.74, 6) is -0.335. The third kappa shape index (κ3) is 5.75. The molecular formula is C19H23ClN2O3S. The number of sulfonamides is 1. The Bertz CT molecular complexity index is 824. The molecule has 0 aliphatic heterocycles. The molecule has 0 saturated heterocycles. The molecule has 0 saturated carbocycles. The molecule has 0 spiro atoms. The van der Waals surface area contributed by atoms with Crippen LogP contribution in [0, 0.1) is 0 Å². The van der Waals surface area contributed by atoms with Gasteiger partial charge >= 0.3 is 0 Å². The van der Waals surface area contributed by atoms with Crippen molar-refractivity contribution >= 4 is 33.2 Å². The summed E-state index contributed by atoms with van der Waals surface area (Å²) in [4.78, 5) is 12.4. The summed E-state index contributed by atoms with van der Waals surface area (Å²) in [6.07, 6.45) is 2.71. The zero-order valence-corrected chi connectivity index (χ0v) is 16.4. The van der Waals surface area contributed by atoms with E-state index in [1.807, 2.05) is 30.3 Å². The topological polar surface area (TPSA) is 66.5 Å². The summed E-state index contributed by atoms with van der Waals surface area (Å²) in [6.45, 7) is 2.05. The van der Waals surface area contributed by atoms with Crippen LogP contribution in [0.5, 0.6) is 0 Å². The van der Waals surface area contributed by atoms with Gasteiger partial charge in [0.25, 0.3) is 0 Å². The molecule has 1 amide bonds. The molecule has 5 nitrogen and oxygen atoms in total. The molecule has 2 rings (SSSR count). The third-order valence-electron chi connectivity index (χ3n) is 3.95. The summed E-state index contributed by atoms with van der Waals surface area (Å²) in [5.41, 5.74) is 1.61. The van der Waals surface area contributed by atoms with E-state index in [0.29, 0.717) is 17.3 Å². The van der Waals surface area contributed by atoms with Crippen molar-refractivity contribution in [3.05, 3.63) is 65.2 Å². The molecule has 1 atom stereocenters. The van der Waals surface area contributed by atoms with E-state index in [0.717, 1.165) is 23.4 Å². The maximum Gasteiger partial charge on any atom is 0.243 e. The fourth-order valence-corrected chi connectivity index (χ4v) is 3.99. The van der Waals surface area contributed by atoms with Crippen LogP contribution in [0.15, 0.2) is 54.6 Å². The molecule has 2 aromatic rings. The highest BCUT2D eigenvalue weighted by molar-refractivity contribution is 7.92. The lowest BCUT2D eigenvalue weighted by Gasteiger charge is -2.28. The molecule has 0 aliphatic rings. The summed E-state index contributed by atoms with van der Waals surface area (Å²) >= 11 is 5.86. The fourth-order valence-electron chi connectivity index (χ4n) is 2.69. The molecule has 7 heteroatoms. The van der Waals surface area contributed by atoms with Crippen LogP contribution in [0.2, 0.25) is 5.02 Å². The number of nitrogens with one attached hydrogen (secondary N) is 1. The number of aryl methyl sites for hydroxylation is 1. The highest BCUT2D eigenvalue weighted by Gasteiger charge is 2.28.